The summed E-state index contributed by atoms with van der Waals surface area (Å²) in [7, 11) is -9.89. The molecule has 0 aliphatic rings. The van der Waals surface area contributed by atoms with Gasteiger partial charge in [0.2, 0.25) is 0 Å². The second kappa shape index (κ2) is 63.8. The maximum atomic E-state index is 13.0. The molecule has 88 heavy (non-hydrogen) atoms. The Morgan fingerprint density at radius 2 is 0.455 bits per heavy atom. The van der Waals surface area contributed by atoms with Crippen LogP contribution in [0.1, 0.15) is 362 Å². The Balaban J connectivity index is 5.10. The number of ether oxygens (including phenoxy) is 4. The number of rotatable bonds is 70. The molecule has 19 heteroatoms. The fourth-order valence-electron chi connectivity index (χ4n) is 10.5. The quantitative estimate of drug-likeness (QED) is 0.0222. The number of hydrogen-bond acceptors (Lipinski definition) is 15. The van der Waals surface area contributed by atoms with Gasteiger partial charge in [-0.15, -0.1) is 0 Å². The van der Waals surface area contributed by atoms with Gasteiger partial charge in [0.25, 0.3) is 0 Å². The molecule has 0 fully saturated rings. The van der Waals surface area contributed by atoms with Gasteiger partial charge < -0.3 is 33.8 Å². The van der Waals surface area contributed by atoms with Crippen LogP contribution in [0.4, 0.5) is 0 Å². The van der Waals surface area contributed by atoms with Crippen molar-refractivity contribution in [1.29, 1.82) is 0 Å². The molecule has 0 spiro atoms. The van der Waals surface area contributed by atoms with Crippen molar-refractivity contribution >= 4 is 39.5 Å². The number of aliphatic hydroxyl groups is 1. The van der Waals surface area contributed by atoms with Crippen molar-refractivity contribution in [3.8, 4) is 0 Å². The highest BCUT2D eigenvalue weighted by Gasteiger charge is 2.30. The Morgan fingerprint density at radius 3 is 0.670 bits per heavy atom. The topological polar surface area (TPSA) is 237 Å². The van der Waals surface area contributed by atoms with E-state index < -0.39 is 97.5 Å². The Morgan fingerprint density at radius 1 is 0.273 bits per heavy atom. The predicted octanol–water partition coefficient (Wildman–Crippen LogP) is 19.9. The van der Waals surface area contributed by atoms with E-state index in [1.165, 1.54) is 180 Å². The standard InChI is InChI=1S/C69H134O17P2/c1-5-9-13-17-21-24-27-28-29-30-31-32-33-34-35-36-37-40-44-48-52-56-69(74)86-65(60-80-67(72)54-50-46-42-38-25-22-18-14-10-6-2)62-84-88(77,78)82-58-63(70)57-81-87(75,76)83-61-64(59-79-66(71)53-49-45-41-20-16-12-8-4)85-68(73)55-51-47-43-39-26-23-19-15-11-7-3/h63-65,70H,5-62H2,1-4H3,(H,75,76)(H,77,78)/t63-,64+,65+/m0/s1. The molecule has 17 nitrogen and oxygen atoms in total. The van der Waals surface area contributed by atoms with Crippen LogP contribution in [0.5, 0.6) is 0 Å². The molecule has 0 bridgehead atoms. The minimum Gasteiger partial charge on any atom is -0.462 e. The van der Waals surface area contributed by atoms with Gasteiger partial charge in [0.1, 0.15) is 19.3 Å². The molecule has 0 heterocycles. The van der Waals surface area contributed by atoms with Gasteiger partial charge in [-0.3, -0.25) is 37.3 Å². The maximum Gasteiger partial charge on any atom is 0.472 e. The molecule has 0 radical (unpaired) electrons. The van der Waals surface area contributed by atoms with Crippen molar-refractivity contribution < 1.29 is 80.2 Å². The fraction of sp³-hybridized carbons (Fsp3) is 0.942. The lowest BCUT2D eigenvalue weighted by Gasteiger charge is -2.21. The molecule has 0 aromatic rings. The van der Waals surface area contributed by atoms with Crippen LogP contribution in [-0.2, 0) is 65.4 Å². The van der Waals surface area contributed by atoms with E-state index in [1.807, 2.05) is 0 Å². The lowest BCUT2D eigenvalue weighted by atomic mass is 10.0. The summed E-state index contributed by atoms with van der Waals surface area (Å²) in [6.07, 6.45) is 51.6. The number of phosphoric ester groups is 2. The number of carbonyl (C=O) groups excluding carboxylic acids is 4. The van der Waals surface area contributed by atoms with E-state index in [2.05, 4.69) is 27.7 Å². The monoisotopic (exact) mass is 1300 g/mol. The first-order chi connectivity index (χ1) is 42.7. The van der Waals surface area contributed by atoms with Crippen LogP contribution in [-0.4, -0.2) is 96.7 Å². The minimum atomic E-state index is -4.95. The number of esters is 4. The Hall–Kier alpha value is -1.94. The fourth-order valence-corrected chi connectivity index (χ4v) is 12.1. The molecule has 0 amide bonds. The number of aliphatic hydroxyl groups excluding tert-OH is 1. The molecule has 0 aromatic heterocycles. The molecular weight excluding hydrogens is 1160 g/mol. The third-order valence-corrected chi connectivity index (χ3v) is 18.0. The Kier molecular flexibility index (Phi) is 62.4. The number of unbranched alkanes of at least 4 members (excludes halogenated alkanes) is 44. The molecule has 0 saturated carbocycles. The zero-order chi connectivity index (χ0) is 64.7. The van der Waals surface area contributed by atoms with Gasteiger partial charge in [-0.1, -0.05) is 310 Å². The van der Waals surface area contributed by atoms with Gasteiger partial charge >= 0.3 is 39.5 Å². The SMILES string of the molecule is CCCCCCCCCCCCCCCCCCCCCCCC(=O)O[C@H](COC(=O)CCCCCCCCCCCC)COP(=O)(O)OC[C@@H](O)COP(=O)(O)OC[C@@H](COC(=O)CCCCCCCCC)OC(=O)CCCCCCCCCCCC. The zero-order valence-electron chi connectivity index (χ0n) is 56.7. The van der Waals surface area contributed by atoms with Crippen LogP contribution in [0.15, 0.2) is 0 Å². The summed E-state index contributed by atoms with van der Waals surface area (Å²) < 4.78 is 68.0. The lowest BCUT2D eigenvalue weighted by molar-refractivity contribution is -0.161. The van der Waals surface area contributed by atoms with Gasteiger partial charge in [0, 0.05) is 25.7 Å². The highest BCUT2D eigenvalue weighted by atomic mass is 31.2. The first kappa shape index (κ1) is 86.1. The van der Waals surface area contributed by atoms with Gasteiger partial charge in [0.15, 0.2) is 12.2 Å². The van der Waals surface area contributed by atoms with E-state index in [1.54, 1.807) is 0 Å². The van der Waals surface area contributed by atoms with Crippen LogP contribution >= 0.6 is 15.6 Å². The highest BCUT2D eigenvalue weighted by molar-refractivity contribution is 7.47. The van der Waals surface area contributed by atoms with Crippen LogP contribution < -0.4 is 0 Å². The highest BCUT2D eigenvalue weighted by Crippen LogP contribution is 2.45. The van der Waals surface area contributed by atoms with Crippen molar-refractivity contribution in [3.63, 3.8) is 0 Å². The molecule has 3 N–H and O–H groups in total. The molecule has 2 unspecified atom stereocenters. The summed E-state index contributed by atoms with van der Waals surface area (Å²) in [5.74, 6) is -2.13. The molecule has 0 aliphatic heterocycles. The summed E-state index contributed by atoms with van der Waals surface area (Å²) in [5.41, 5.74) is 0. The Labute approximate surface area is 537 Å². The van der Waals surface area contributed by atoms with E-state index >= 15 is 0 Å². The first-order valence-electron chi connectivity index (χ1n) is 36.3. The van der Waals surface area contributed by atoms with Gasteiger partial charge in [-0.05, 0) is 25.7 Å². The summed E-state index contributed by atoms with van der Waals surface area (Å²) in [5, 5.41) is 10.5. The zero-order valence-corrected chi connectivity index (χ0v) is 58.5. The van der Waals surface area contributed by atoms with Crippen molar-refractivity contribution in [3.05, 3.63) is 0 Å². The molecule has 522 valence electrons. The minimum absolute atomic E-state index is 0.106. The number of hydrogen-bond donors (Lipinski definition) is 3. The van der Waals surface area contributed by atoms with Crippen LogP contribution in [0.3, 0.4) is 0 Å². The third kappa shape index (κ3) is 62.8. The molecule has 0 aliphatic carbocycles. The van der Waals surface area contributed by atoms with Gasteiger partial charge in [-0.25, -0.2) is 9.13 Å². The average molecular weight is 1300 g/mol. The van der Waals surface area contributed by atoms with E-state index in [4.69, 9.17) is 37.0 Å². The van der Waals surface area contributed by atoms with Crippen LogP contribution in [0.25, 0.3) is 0 Å². The lowest BCUT2D eigenvalue weighted by Crippen LogP contribution is -2.30. The van der Waals surface area contributed by atoms with Crippen molar-refractivity contribution in [2.45, 2.75) is 380 Å². The van der Waals surface area contributed by atoms with Gasteiger partial charge in [-0.2, -0.15) is 0 Å². The van der Waals surface area contributed by atoms with E-state index in [0.29, 0.717) is 25.7 Å². The average Bonchev–Trinajstić information content (AvgIpc) is 3.58. The maximum absolute atomic E-state index is 13.0. The molecule has 5 atom stereocenters. The normalized spacial score (nSPS) is 14.0. The molecular formula is C69H134O17P2. The molecule has 0 rings (SSSR count). The second-order valence-corrected chi connectivity index (χ2v) is 27.8. The van der Waals surface area contributed by atoms with Crippen molar-refractivity contribution in [1.82, 2.24) is 0 Å². The van der Waals surface area contributed by atoms with Crippen molar-refractivity contribution in [2.24, 2.45) is 0 Å². The van der Waals surface area contributed by atoms with E-state index in [9.17, 15) is 43.2 Å². The smallest absolute Gasteiger partial charge is 0.462 e. The molecule has 0 aromatic carbocycles. The summed E-state index contributed by atoms with van der Waals surface area (Å²) >= 11 is 0. The summed E-state index contributed by atoms with van der Waals surface area (Å²) in [4.78, 5) is 72.2. The first-order valence-corrected chi connectivity index (χ1v) is 39.3. The van der Waals surface area contributed by atoms with Gasteiger partial charge in [0.05, 0.1) is 26.4 Å². The molecule has 0 saturated heterocycles. The summed E-state index contributed by atoms with van der Waals surface area (Å²) in [6, 6.07) is 0. The largest absolute Gasteiger partial charge is 0.472 e. The predicted molar refractivity (Wildman–Crippen MR) is 354 cm³/mol. The number of phosphoric acid groups is 2. The number of carbonyl (C=O) groups is 4. The van der Waals surface area contributed by atoms with Crippen LogP contribution in [0, 0.1) is 0 Å². The summed E-state index contributed by atoms with van der Waals surface area (Å²) in [6.45, 7) is 4.87. The van der Waals surface area contributed by atoms with E-state index in [-0.39, 0.29) is 25.7 Å². The Bertz CT molecular complexity index is 1690. The van der Waals surface area contributed by atoms with Crippen molar-refractivity contribution in [2.75, 3.05) is 39.6 Å². The third-order valence-electron chi connectivity index (χ3n) is 16.1. The van der Waals surface area contributed by atoms with E-state index in [0.717, 1.165) is 103 Å². The van der Waals surface area contributed by atoms with Crippen LogP contribution in [0.2, 0.25) is 0 Å². The second-order valence-electron chi connectivity index (χ2n) is 24.9.